The lowest BCUT2D eigenvalue weighted by atomic mass is 9.78. The second kappa shape index (κ2) is 6.20. The number of aryl methyl sites for hydroxylation is 3. The molecule has 25 heavy (non-hydrogen) atoms. The van der Waals surface area contributed by atoms with Crippen molar-refractivity contribution in [1.29, 1.82) is 0 Å². The van der Waals surface area contributed by atoms with E-state index < -0.39 is 0 Å². The summed E-state index contributed by atoms with van der Waals surface area (Å²) in [6, 6.07) is 6.78. The van der Waals surface area contributed by atoms with Crippen molar-refractivity contribution in [2.24, 2.45) is 0 Å². The fourth-order valence-corrected chi connectivity index (χ4v) is 3.91. The highest BCUT2D eigenvalue weighted by atomic mass is 16.3. The van der Waals surface area contributed by atoms with Crippen LogP contribution in [-0.2, 0) is 10.8 Å². The monoisotopic (exact) mass is 338 g/mol. The van der Waals surface area contributed by atoms with Crippen LogP contribution in [0, 0.1) is 27.7 Å². The number of phenolic OH excluding ortho intramolecular Hbond substituents is 1. The smallest absolute Gasteiger partial charge is 0.126 e. The molecule has 0 heterocycles. The van der Waals surface area contributed by atoms with Gasteiger partial charge >= 0.3 is 0 Å². The normalized spacial score (nSPS) is 12.6. The summed E-state index contributed by atoms with van der Waals surface area (Å²) in [5.74, 6) is 0.427. The molecule has 0 amide bonds. The summed E-state index contributed by atoms with van der Waals surface area (Å²) in [7, 11) is 0. The Hall–Kier alpha value is -1.76. The maximum absolute atomic E-state index is 11.0. The minimum absolute atomic E-state index is 0.0197. The Morgan fingerprint density at radius 2 is 1.12 bits per heavy atom. The van der Waals surface area contributed by atoms with Crippen LogP contribution in [0.3, 0.4) is 0 Å². The molecule has 2 aromatic rings. The summed E-state index contributed by atoms with van der Waals surface area (Å²) >= 11 is 0. The third-order valence-electron chi connectivity index (χ3n) is 5.21. The predicted octanol–water partition coefficient (Wildman–Crippen LogP) is 6.89. The molecule has 0 aromatic heterocycles. The molecule has 0 saturated heterocycles. The van der Waals surface area contributed by atoms with E-state index in [0.717, 1.165) is 22.3 Å². The van der Waals surface area contributed by atoms with Gasteiger partial charge in [0.15, 0.2) is 0 Å². The van der Waals surface area contributed by atoms with E-state index >= 15 is 0 Å². The number of aromatic hydroxyl groups is 1. The number of hydrogen-bond acceptors (Lipinski definition) is 1. The van der Waals surface area contributed by atoms with Gasteiger partial charge in [0.1, 0.15) is 5.75 Å². The summed E-state index contributed by atoms with van der Waals surface area (Å²) in [4.78, 5) is 0. The van der Waals surface area contributed by atoms with Crippen LogP contribution >= 0.6 is 0 Å². The van der Waals surface area contributed by atoms with E-state index in [-0.39, 0.29) is 10.8 Å². The predicted molar refractivity (Wildman–Crippen MR) is 110 cm³/mol. The average Bonchev–Trinajstić information content (AvgIpc) is 2.43. The van der Waals surface area contributed by atoms with Crippen LogP contribution in [0.2, 0.25) is 0 Å². The summed E-state index contributed by atoms with van der Waals surface area (Å²) in [6.07, 6.45) is 0. The fraction of sp³-hybridized carbons (Fsp3) is 0.500. The Balaban J connectivity index is 2.76. The Morgan fingerprint density at radius 3 is 1.60 bits per heavy atom. The molecule has 2 rings (SSSR count). The van der Waals surface area contributed by atoms with Crippen molar-refractivity contribution in [1.82, 2.24) is 0 Å². The SMILES string of the molecule is Cc1cc(C(C)(C)C)c(C)cc1-c1c(C)cc(C(C)(C)C)c(C)c1O. The van der Waals surface area contributed by atoms with Crippen LogP contribution in [0.4, 0.5) is 0 Å². The van der Waals surface area contributed by atoms with Crippen molar-refractivity contribution < 1.29 is 5.11 Å². The van der Waals surface area contributed by atoms with Crippen LogP contribution in [0.5, 0.6) is 5.75 Å². The van der Waals surface area contributed by atoms with E-state index in [1.54, 1.807) is 0 Å². The highest BCUT2D eigenvalue weighted by molar-refractivity contribution is 5.79. The van der Waals surface area contributed by atoms with E-state index in [2.05, 4.69) is 80.5 Å². The lowest BCUT2D eigenvalue weighted by molar-refractivity contribution is 0.467. The third kappa shape index (κ3) is 3.61. The first-order valence-electron chi connectivity index (χ1n) is 9.21. The Morgan fingerprint density at radius 1 is 0.640 bits per heavy atom. The van der Waals surface area contributed by atoms with Gasteiger partial charge in [-0.25, -0.2) is 0 Å². The Kier molecular flexibility index (Phi) is 4.85. The van der Waals surface area contributed by atoms with Gasteiger partial charge in [0, 0.05) is 5.56 Å². The molecule has 0 spiro atoms. The number of rotatable bonds is 1. The molecule has 0 bridgehead atoms. The first kappa shape index (κ1) is 19.6. The largest absolute Gasteiger partial charge is 0.507 e. The Labute approximate surface area is 154 Å². The maximum atomic E-state index is 11.0. The minimum Gasteiger partial charge on any atom is -0.507 e. The maximum Gasteiger partial charge on any atom is 0.126 e. The highest BCUT2D eigenvalue weighted by Gasteiger charge is 2.24. The van der Waals surface area contributed by atoms with E-state index in [4.69, 9.17) is 0 Å². The van der Waals surface area contributed by atoms with Gasteiger partial charge in [-0.05, 0) is 77.5 Å². The first-order chi connectivity index (χ1) is 11.2. The van der Waals surface area contributed by atoms with Crippen LogP contribution in [0.25, 0.3) is 11.1 Å². The molecule has 136 valence electrons. The van der Waals surface area contributed by atoms with E-state index in [9.17, 15) is 5.11 Å². The fourth-order valence-electron chi connectivity index (χ4n) is 3.91. The van der Waals surface area contributed by atoms with Crippen molar-refractivity contribution >= 4 is 0 Å². The van der Waals surface area contributed by atoms with Crippen molar-refractivity contribution in [3.63, 3.8) is 0 Å². The van der Waals surface area contributed by atoms with E-state index in [1.807, 2.05) is 6.92 Å². The van der Waals surface area contributed by atoms with E-state index in [1.165, 1.54) is 22.3 Å². The van der Waals surface area contributed by atoms with Gasteiger partial charge in [0.25, 0.3) is 0 Å². The zero-order valence-corrected chi connectivity index (χ0v) is 17.7. The molecule has 1 heteroatoms. The van der Waals surface area contributed by atoms with E-state index in [0.29, 0.717) is 5.75 Å². The third-order valence-corrected chi connectivity index (χ3v) is 5.21. The molecule has 0 aliphatic carbocycles. The van der Waals surface area contributed by atoms with Gasteiger partial charge in [0.05, 0.1) is 0 Å². The van der Waals surface area contributed by atoms with Crippen LogP contribution < -0.4 is 0 Å². The molecule has 0 fully saturated rings. The lowest BCUT2D eigenvalue weighted by Gasteiger charge is -2.27. The molecule has 0 aliphatic rings. The molecular formula is C24H34O. The molecule has 0 radical (unpaired) electrons. The van der Waals surface area contributed by atoms with Crippen molar-refractivity contribution in [3.8, 4) is 16.9 Å². The number of hydrogen-bond donors (Lipinski definition) is 1. The topological polar surface area (TPSA) is 20.2 Å². The van der Waals surface area contributed by atoms with Gasteiger partial charge < -0.3 is 5.11 Å². The van der Waals surface area contributed by atoms with Gasteiger partial charge in [-0.3, -0.25) is 0 Å². The molecule has 0 saturated carbocycles. The van der Waals surface area contributed by atoms with Gasteiger partial charge in [0.2, 0.25) is 0 Å². The quantitative estimate of drug-likeness (QED) is 0.600. The highest BCUT2D eigenvalue weighted by Crippen LogP contribution is 2.43. The molecule has 0 atom stereocenters. The molecule has 2 aromatic carbocycles. The average molecular weight is 339 g/mol. The minimum atomic E-state index is 0.0197. The molecular weight excluding hydrogens is 304 g/mol. The van der Waals surface area contributed by atoms with Crippen LogP contribution in [-0.4, -0.2) is 5.11 Å². The Bertz CT molecular complexity index is 812. The zero-order chi connectivity index (χ0) is 19.3. The summed E-state index contributed by atoms with van der Waals surface area (Å²) in [6.45, 7) is 21.8. The standard InChI is InChI=1S/C24H34O/c1-14-12-19(23(5,6)7)15(2)11-18(14)21-16(3)13-20(24(8,9)10)17(4)22(21)25/h11-13,25H,1-10H3. The summed E-state index contributed by atoms with van der Waals surface area (Å²) in [5.41, 5.74) is 9.48. The van der Waals surface area contributed by atoms with Crippen molar-refractivity contribution in [3.05, 3.63) is 51.6 Å². The van der Waals surface area contributed by atoms with Gasteiger partial charge in [-0.2, -0.15) is 0 Å². The van der Waals surface area contributed by atoms with Gasteiger partial charge in [-0.15, -0.1) is 0 Å². The van der Waals surface area contributed by atoms with Crippen molar-refractivity contribution in [2.45, 2.75) is 80.1 Å². The van der Waals surface area contributed by atoms with Crippen LogP contribution in [0.15, 0.2) is 18.2 Å². The summed E-state index contributed by atoms with van der Waals surface area (Å²) in [5, 5.41) is 11.0. The first-order valence-corrected chi connectivity index (χ1v) is 9.21. The number of phenols is 1. The van der Waals surface area contributed by atoms with Gasteiger partial charge in [-0.1, -0.05) is 59.7 Å². The lowest BCUT2D eigenvalue weighted by Crippen LogP contribution is -2.15. The molecule has 1 N–H and O–H groups in total. The second-order valence-corrected chi connectivity index (χ2v) is 9.57. The second-order valence-electron chi connectivity index (χ2n) is 9.57. The summed E-state index contributed by atoms with van der Waals surface area (Å²) < 4.78 is 0. The molecule has 0 aliphatic heterocycles. The molecule has 1 nitrogen and oxygen atoms in total. The van der Waals surface area contributed by atoms with Crippen molar-refractivity contribution in [2.75, 3.05) is 0 Å². The molecule has 0 unspecified atom stereocenters. The van der Waals surface area contributed by atoms with Crippen LogP contribution in [0.1, 0.15) is 74.9 Å². The number of benzene rings is 2. The zero-order valence-electron chi connectivity index (χ0n) is 17.7.